The molecule has 1 aromatic heterocycles. The van der Waals surface area contributed by atoms with Gasteiger partial charge in [0.05, 0.1) is 30.9 Å². The van der Waals surface area contributed by atoms with Gasteiger partial charge in [-0.1, -0.05) is 18.2 Å². The van der Waals surface area contributed by atoms with Crippen molar-refractivity contribution in [2.75, 3.05) is 11.4 Å². The maximum atomic E-state index is 11.7. The second-order valence-electron chi connectivity index (χ2n) is 4.40. The number of hydrogen-bond acceptors (Lipinski definition) is 5. The number of para-hydroxylation sites is 1. The van der Waals surface area contributed by atoms with Crippen LogP contribution in [0.2, 0.25) is 0 Å². The maximum absolute atomic E-state index is 11.7. The molecule has 0 aliphatic carbocycles. The van der Waals surface area contributed by atoms with Crippen LogP contribution < -0.4 is 16.2 Å². The molecular formula is C15H16N4O2. The topological polar surface area (TPSA) is 95.3 Å². The van der Waals surface area contributed by atoms with Crippen molar-refractivity contribution >= 4 is 11.6 Å². The number of carbonyl (C=O) groups is 1. The van der Waals surface area contributed by atoms with E-state index < -0.39 is 5.91 Å². The molecule has 0 aliphatic rings. The van der Waals surface area contributed by atoms with Gasteiger partial charge in [0.2, 0.25) is 0 Å². The zero-order valence-corrected chi connectivity index (χ0v) is 11.5. The van der Waals surface area contributed by atoms with Gasteiger partial charge >= 0.3 is 0 Å². The predicted octanol–water partition coefficient (Wildman–Crippen LogP) is 1.80. The van der Waals surface area contributed by atoms with Crippen molar-refractivity contribution in [3.05, 3.63) is 54.0 Å². The molecule has 0 fully saturated rings. The van der Waals surface area contributed by atoms with Crippen LogP contribution in [0.5, 0.6) is 0 Å². The molecular weight excluding hydrogens is 268 g/mol. The van der Waals surface area contributed by atoms with Crippen LogP contribution in [0.25, 0.3) is 0 Å². The highest BCUT2D eigenvalue weighted by Crippen LogP contribution is 2.20. The van der Waals surface area contributed by atoms with Gasteiger partial charge in [0.15, 0.2) is 0 Å². The zero-order chi connectivity index (χ0) is 15.1. The Balaban J connectivity index is 2.22. The van der Waals surface area contributed by atoms with Crippen LogP contribution >= 0.6 is 0 Å². The van der Waals surface area contributed by atoms with Crippen molar-refractivity contribution in [2.45, 2.75) is 13.0 Å². The van der Waals surface area contributed by atoms with Crippen LogP contribution in [0.3, 0.4) is 0 Å². The molecule has 3 N–H and O–H groups in total. The Morgan fingerprint density at radius 2 is 2.10 bits per heavy atom. The highest BCUT2D eigenvalue weighted by atomic mass is 16.3. The minimum atomic E-state index is -0.396. The van der Waals surface area contributed by atoms with E-state index in [2.05, 4.69) is 11.5 Å². The minimum absolute atomic E-state index is 0.383. The number of rotatable bonds is 6. The van der Waals surface area contributed by atoms with Gasteiger partial charge < -0.3 is 9.32 Å². The molecule has 1 aromatic carbocycles. The number of hydrogen-bond donors (Lipinski definition) is 2. The van der Waals surface area contributed by atoms with Crippen molar-refractivity contribution in [3.8, 4) is 6.07 Å². The average Bonchev–Trinajstić information content (AvgIpc) is 2.99. The number of furan rings is 1. The van der Waals surface area contributed by atoms with Gasteiger partial charge in [0.25, 0.3) is 5.91 Å². The van der Waals surface area contributed by atoms with Gasteiger partial charge in [0.1, 0.15) is 5.76 Å². The van der Waals surface area contributed by atoms with Crippen molar-refractivity contribution in [1.82, 2.24) is 5.43 Å². The van der Waals surface area contributed by atoms with Gasteiger partial charge in [-0.05, 0) is 18.2 Å². The van der Waals surface area contributed by atoms with Crippen molar-refractivity contribution in [2.24, 2.45) is 5.84 Å². The molecule has 6 nitrogen and oxygen atoms in total. The third-order valence-electron chi connectivity index (χ3n) is 3.07. The summed E-state index contributed by atoms with van der Waals surface area (Å²) in [5.41, 5.74) is 3.45. The summed E-state index contributed by atoms with van der Waals surface area (Å²) in [5.74, 6) is 5.27. The van der Waals surface area contributed by atoms with Crippen LogP contribution in [0.4, 0.5) is 5.69 Å². The van der Waals surface area contributed by atoms with E-state index in [0.29, 0.717) is 30.8 Å². The summed E-state index contributed by atoms with van der Waals surface area (Å²) < 4.78 is 5.38. The number of nitrogen functional groups attached to an aromatic ring is 1. The number of nitrogens with one attached hydrogen (secondary N) is 1. The molecule has 0 radical (unpaired) electrons. The molecule has 2 rings (SSSR count). The van der Waals surface area contributed by atoms with E-state index in [1.54, 1.807) is 6.07 Å². The van der Waals surface area contributed by atoms with Gasteiger partial charge in [-0.15, -0.1) is 0 Å². The van der Waals surface area contributed by atoms with Gasteiger partial charge in [-0.3, -0.25) is 10.2 Å². The third kappa shape index (κ3) is 3.61. The molecule has 1 amide bonds. The van der Waals surface area contributed by atoms with Crippen LogP contribution in [0.15, 0.2) is 47.1 Å². The lowest BCUT2D eigenvalue weighted by molar-refractivity contribution is 0.0951. The van der Waals surface area contributed by atoms with E-state index in [0.717, 1.165) is 5.69 Å². The number of nitrogens with zero attached hydrogens (tertiary/aromatic N) is 2. The molecule has 0 saturated carbocycles. The first-order chi connectivity index (χ1) is 10.3. The van der Waals surface area contributed by atoms with Crippen molar-refractivity contribution in [1.29, 1.82) is 5.26 Å². The molecule has 0 bridgehead atoms. The van der Waals surface area contributed by atoms with E-state index in [1.165, 1.54) is 6.26 Å². The summed E-state index contributed by atoms with van der Waals surface area (Å²) in [4.78, 5) is 13.6. The van der Waals surface area contributed by atoms with Crippen LogP contribution in [-0.4, -0.2) is 12.5 Å². The Kier molecular flexibility index (Phi) is 4.96. The largest absolute Gasteiger partial charge is 0.467 e. The van der Waals surface area contributed by atoms with Crippen LogP contribution in [0.1, 0.15) is 22.5 Å². The van der Waals surface area contributed by atoms with E-state index in [-0.39, 0.29) is 0 Å². The Morgan fingerprint density at radius 1 is 1.33 bits per heavy atom. The fourth-order valence-corrected chi connectivity index (χ4v) is 2.04. The number of carbonyl (C=O) groups excluding carboxylic acids is 1. The maximum Gasteiger partial charge on any atom is 0.268 e. The molecule has 0 atom stereocenters. The number of amides is 1. The molecule has 0 spiro atoms. The number of nitriles is 1. The summed E-state index contributed by atoms with van der Waals surface area (Å²) in [5, 5.41) is 8.79. The third-order valence-corrected chi connectivity index (χ3v) is 3.07. The first-order valence-corrected chi connectivity index (χ1v) is 6.50. The number of hydrazine groups is 1. The fraction of sp³-hybridized carbons (Fsp3) is 0.200. The number of nitrogens with two attached hydrogens (primary N) is 1. The smallest absolute Gasteiger partial charge is 0.268 e. The number of benzene rings is 1. The molecule has 6 heteroatoms. The summed E-state index contributed by atoms with van der Waals surface area (Å²) in [6.45, 7) is 0.937. The SMILES string of the molecule is N#CCCN(Cc1occc1C(=O)NN)c1ccccc1. The first-order valence-electron chi connectivity index (χ1n) is 6.50. The highest BCUT2D eigenvalue weighted by molar-refractivity contribution is 5.94. The highest BCUT2D eigenvalue weighted by Gasteiger charge is 2.17. The van der Waals surface area contributed by atoms with E-state index >= 15 is 0 Å². The summed E-state index contributed by atoms with van der Waals surface area (Å²) in [6, 6.07) is 13.4. The van der Waals surface area contributed by atoms with Gasteiger partial charge in [0, 0.05) is 12.2 Å². The average molecular weight is 284 g/mol. The summed E-state index contributed by atoms with van der Waals surface area (Å²) in [7, 11) is 0. The lowest BCUT2D eigenvalue weighted by Gasteiger charge is -2.23. The second kappa shape index (κ2) is 7.12. The second-order valence-corrected chi connectivity index (χ2v) is 4.40. The summed E-state index contributed by atoms with van der Waals surface area (Å²) >= 11 is 0. The first kappa shape index (κ1) is 14.6. The molecule has 2 aromatic rings. The van der Waals surface area contributed by atoms with Gasteiger partial charge in [-0.2, -0.15) is 5.26 Å². The number of anilines is 1. The Bertz CT molecular complexity index is 631. The standard InChI is InChI=1S/C15H16N4O2/c16-8-4-9-19(12-5-2-1-3-6-12)11-14-13(7-10-21-14)15(20)18-17/h1-3,5-7,10H,4,9,11,17H2,(H,18,20). The molecule has 21 heavy (non-hydrogen) atoms. The van der Waals surface area contributed by atoms with Gasteiger partial charge in [-0.25, -0.2) is 5.84 Å². The van der Waals surface area contributed by atoms with E-state index in [9.17, 15) is 4.79 Å². The Morgan fingerprint density at radius 3 is 2.76 bits per heavy atom. The minimum Gasteiger partial charge on any atom is -0.467 e. The van der Waals surface area contributed by atoms with E-state index in [1.807, 2.05) is 35.2 Å². The summed E-state index contributed by atoms with van der Waals surface area (Å²) in [6.07, 6.45) is 1.83. The predicted molar refractivity (Wildman–Crippen MR) is 78.1 cm³/mol. The normalized spacial score (nSPS) is 9.90. The molecule has 1 heterocycles. The monoisotopic (exact) mass is 284 g/mol. The lowest BCUT2D eigenvalue weighted by Crippen LogP contribution is -2.31. The molecule has 108 valence electrons. The van der Waals surface area contributed by atoms with Crippen molar-refractivity contribution < 1.29 is 9.21 Å². The molecule has 0 saturated heterocycles. The van der Waals surface area contributed by atoms with Crippen LogP contribution in [0, 0.1) is 11.3 Å². The Hall–Kier alpha value is -2.78. The molecule has 0 unspecified atom stereocenters. The lowest BCUT2D eigenvalue weighted by atomic mass is 10.2. The van der Waals surface area contributed by atoms with Crippen LogP contribution in [-0.2, 0) is 6.54 Å². The Labute approximate surface area is 122 Å². The zero-order valence-electron chi connectivity index (χ0n) is 11.5. The van der Waals surface area contributed by atoms with E-state index in [4.69, 9.17) is 15.5 Å². The van der Waals surface area contributed by atoms with Crippen molar-refractivity contribution in [3.63, 3.8) is 0 Å². The molecule has 0 aliphatic heterocycles. The fourth-order valence-electron chi connectivity index (χ4n) is 2.04. The quantitative estimate of drug-likeness (QED) is 0.479.